The van der Waals surface area contributed by atoms with E-state index in [-0.39, 0.29) is 11.8 Å². The van der Waals surface area contributed by atoms with E-state index in [0.29, 0.717) is 16.1 Å². The van der Waals surface area contributed by atoms with E-state index in [9.17, 15) is 4.79 Å². The molecule has 1 aromatic carbocycles. The molecule has 2 aromatic heterocycles. The second kappa shape index (κ2) is 5.11. The van der Waals surface area contributed by atoms with E-state index in [1.165, 1.54) is 0 Å². The number of rotatable bonds is 1. The van der Waals surface area contributed by atoms with Crippen molar-refractivity contribution in [3.8, 4) is 0 Å². The summed E-state index contributed by atoms with van der Waals surface area (Å²) >= 11 is 6.15. The topological polar surface area (TPSA) is 59.9 Å². The first-order valence-corrected chi connectivity index (χ1v) is 7.85. The Morgan fingerprint density at radius 1 is 1.41 bits per heavy atom. The number of H-pyrrole nitrogens is 1. The van der Waals surface area contributed by atoms with Gasteiger partial charge in [-0.25, -0.2) is 4.68 Å². The van der Waals surface area contributed by atoms with Gasteiger partial charge in [0.25, 0.3) is 5.56 Å². The molecular formula is C16H16ClN3O2. The number of hydrogen-bond donors (Lipinski definition) is 1. The number of pyridine rings is 1. The van der Waals surface area contributed by atoms with Gasteiger partial charge in [-0.15, -0.1) is 0 Å². The average molecular weight is 318 g/mol. The minimum atomic E-state index is -0.121. The van der Waals surface area contributed by atoms with Crippen LogP contribution in [0.15, 0.2) is 23.0 Å². The molecule has 4 rings (SSSR count). The van der Waals surface area contributed by atoms with E-state index in [1.807, 2.05) is 23.7 Å². The quantitative estimate of drug-likeness (QED) is 0.746. The van der Waals surface area contributed by atoms with Crippen molar-refractivity contribution in [2.24, 2.45) is 0 Å². The standard InChI is InChI=1S/C16H16ClN3O2/c1-9-14-15(20(19-9)13-4-2-3-7-22-13)11-8-10(17)5-6-12(11)18-16(14)21/h5-6,8,13H,2-4,7H2,1H3,(H,18,21). The third-order valence-corrected chi connectivity index (χ3v) is 4.46. The zero-order valence-corrected chi connectivity index (χ0v) is 13.0. The van der Waals surface area contributed by atoms with Gasteiger partial charge in [0.05, 0.1) is 22.1 Å². The number of benzene rings is 1. The van der Waals surface area contributed by atoms with Gasteiger partial charge in [0.15, 0.2) is 6.23 Å². The molecule has 3 aromatic rings. The van der Waals surface area contributed by atoms with Gasteiger partial charge in [-0.05, 0) is 44.4 Å². The van der Waals surface area contributed by atoms with Gasteiger partial charge in [0.1, 0.15) is 0 Å². The molecule has 0 spiro atoms. The second-order valence-corrected chi connectivity index (χ2v) is 6.16. The number of aromatic amines is 1. The number of ether oxygens (including phenoxy) is 1. The van der Waals surface area contributed by atoms with Crippen LogP contribution < -0.4 is 5.56 Å². The lowest BCUT2D eigenvalue weighted by Crippen LogP contribution is -2.19. The molecule has 0 bridgehead atoms. The highest BCUT2D eigenvalue weighted by molar-refractivity contribution is 6.31. The smallest absolute Gasteiger partial charge is 0.259 e. The van der Waals surface area contributed by atoms with E-state index in [2.05, 4.69) is 10.1 Å². The van der Waals surface area contributed by atoms with Crippen molar-refractivity contribution in [1.29, 1.82) is 0 Å². The SMILES string of the molecule is Cc1nn(C2CCCCO2)c2c1c(=O)[nH]c1ccc(Cl)cc12. The zero-order valence-electron chi connectivity index (χ0n) is 12.2. The van der Waals surface area contributed by atoms with Crippen LogP contribution in [0.1, 0.15) is 31.2 Å². The molecule has 0 radical (unpaired) electrons. The predicted octanol–water partition coefficient (Wildman–Crippen LogP) is 3.54. The number of nitrogens with one attached hydrogen (secondary N) is 1. The first-order chi connectivity index (χ1) is 10.6. The van der Waals surface area contributed by atoms with Gasteiger partial charge in [-0.3, -0.25) is 4.79 Å². The summed E-state index contributed by atoms with van der Waals surface area (Å²) in [4.78, 5) is 15.3. The monoisotopic (exact) mass is 317 g/mol. The number of nitrogens with zero attached hydrogens (tertiary/aromatic N) is 2. The summed E-state index contributed by atoms with van der Waals surface area (Å²) in [5.41, 5.74) is 2.17. The van der Waals surface area contributed by atoms with Crippen LogP contribution in [-0.4, -0.2) is 21.4 Å². The summed E-state index contributed by atoms with van der Waals surface area (Å²) in [6.07, 6.45) is 2.97. The van der Waals surface area contributed by atoms with Gasteiger partial charge in [0.2, 0.25) is 0 Å². The third kappa shape index (κ3) is 2.04. The summed E-state index contributed by atoms with van der Waals surface area (Å²) in [5.74, 6) is 0. The summed E-state index contributed by atoms with van der Waals surface area (Å²) in [5, 5.41) is 6.73. The summed E-state index contributed by atoms with van der Waals surface area (Å²) in [7, 11) is 0. The van der Waals surface area contributed by atoms with Crippen molar-refractivity contribution in [2.45, 2.75) is 32.4 Å². The van der Waals surface area contributed by atoms with E-state index in [4.69, 9.17) is 16.3 Å². The van der Waals surface area contributed by atoms with E-state index in [0.717, 1.165) is 42.3 Å². The lowest BCUT2D eigenvalue weighted by Gasteiger charge is -2.23. The Balaban J connectivity index is 2.10. The van der Waals surface area contributed by atoms with Crippen LogP contribution >= 0.6 is 11.6 Å². The van der Waals surface area contributed by atoms with Gasteiger partial charge in [-0.1, -0.05) is 11.6 Å². The van der Waals surface area contributed by atoms with Crippen LogP contribution in [0.25, 0.3) is 21.8 Å². The van der Waals surface area contributed by atoms with Crippen LogP contribution in [0.5, 0.6) is 0 Å². The number of aromatic nitrogens is 3. The Kier molecular flexibility index (Phi) is 3.20. The summed E-state index contributed by atoms with van der Waals surface area (Å²) in [6, 6.07) is 5.47. The predicted molar refractivity (Wildman–Crippen MR) is 86.4 cm³/mol. The molecule has 0 amide bonds. The molecule has 22 heavy (non-hydrogen) atoms. The van der Waals surface area contributed by atoms with Crippen LogP contribution in [0.4, 0.5) is 0 Å². The van der Waals surface area contributed by atoms with Crippen molar-refractivity contribution < 1.29 is 4.74 Å². The first-order valence-electron chi connectivity index (χ1n) is 7.47. The van der Waals surface area contributed by atoms with E-state index in [1.54, 1.807) is 6.07 Å². The Morgan fingerprint density at radius 3 is 3.05 bits per heavy atom. The summed E-state index contributed by atoms with van der Waals surface area (Å²) in [6.45, 7) is 2.58. The molecule has 1 unspecified atom stereocenters. The Hall–Kier alpha value is -1.85. The molecule has 1 atom stereocenters. The number of fused-ring (bicyclic) bond motifs is 3. The highest BCUT2D eigenvalue weighted by atomic mass is 35.5. The van der Waals surface area contributed by atoms with Crippen LogP contribution in [0.2, 0.25) is 5.02 Å². The fourth-order valence-corrected chi connectivity index (χ4v) is 3.38. The molecule has 1 N–H and O–H groups in total. The van der Waals surface area contributed by atoms with Crippen molar-refractivity contribution in [2.75, 3.05) is 6.61 Å². The zero-order chi connectivity index (χ0) is 15.3. The lowest BCUT2D eigenvalue weighted by molar-refractivity contribution is -0.0367. The van der Waals surface area contributed by atoms with Crippen molar-refractivity contribution in [3.63, 3.8) is 0 Å². The maximum atomic E-state index is 12.4. The minimum absolute atomic E-state index is 0.117. The van der Waals surface area contributed by atoms with Crippen LogP contribution in [0.3, 0.4) is 0 Å². The van der Waals surface area contributed by atoms with Crippen LogP contribution in [-0.2, 0) is 4.74 Å². The maximum Gasteiger partial charge on any atom is 0.259 e. The fraction of sp³-hybridized carbons (Fsp3) is 0.375. The lowest BCUT2D eigenvalue weighted by atomic mass is 10.1. The Morgan fingerprint density at radius 2 is 2.27 bits per heavy atom. The Bertz CT molecular complexity index is 922. The first kappa shape index (κ1) is 13.8. The van der Waals surface area contributed by atoms with Crippen LogP contribution in [0, 0.1) is 6.92 Å². The van der Waals surface area contributed by atoms with Crippen molar-refractivity contribution in [3.05, 3.63) is 39.3 Å². The summed E-state index contributed by atoms with van der Waals surface area (Å²) < 4.78 is 7.72. The fourth-order valence-electron chi connectivity index (χ4n) is 3.21. The second-order valence-electron chi connectivity index (χ2n) is 5.72. The highest BCUT2D eigenvalue weighted by Crippen LogP contribution is 2.31. The molecule has 0 aliphatic carbocycles. The minimum Gasteiger partial charge on any atom is -0.356 e. The highest BCUT2D eigenvalue weighted by Gasteiger charge is 2.23. The average Bonchev–Trinajstić information content (AvgIpc) is 2.88. The molecule has 0 saturated carbocycles. The molecule has 5 nitrogen and oxygen atoms in total. The normalized spacial score (nSPS) is 19.1. The van der Waals surface area contributed by atoms with Crippen molar-refractivity contribution in [1.82, 2.24) is 14.8 Å². The molecule has 3 heterocycles. The molecular weight excluding hydrogens is 302 g/mol. The third-order valence-electron chi connectivity index (χ3n) is 4.23. The molecule has 114 valence electrons. The molecule has 1 fully saturated rings. The largest absolute Gasteiger partial charge is 0.356 e. The molecule has 6 heteroatoms. The number of halogens is 1. The van der Waals surface area contributed by atoms with Crippen molar-refractivity contribution >= 4 is 33.4 Å². The molecule has 1 aliphatic heterocycles. The number of hydrogen-bond acceptors (Lipinski definition) is 3. The molecule has 1 saturated heterocycles. The van der Waals surface area contributed by atoms with Gasteiger partial charge >= 0.3 is 0 Å². The van der Waals surface area contributed by atoms with E-state index >= 15 is 0 Å². The van der Waals surface area contributed by atoms with E-state index < -0.39 is 0 Å². The number of aryl methyl sites for hydroxylation is 1. The van der Waals surface area contributed by atoms with Gasteiger partial charge in [0, 0.05) is 17.0 Å². The molecule has 1 aliphatic rings. The Labute approximate surface area is 131 Å². The van der Waals surface area contributed by atoms with Gasteiger partial charge < -0.3 is 9.72 Å². The van der Waals surface area contributed by atoms with Gasteiger partial charge in [-0.2, -0.15) is 5.10 Å². The maximum absolute atomic E-state index is 12.4.